The number of fused-ring (bicyclic) bond motifs is 1. The molecule has 0 spiro atoms. The minimum absolute atomic E-state index is 0.0923. The van der Waals surface area contributed by atoms with Gasteiger partial charge in [0.15, 0.2) is 0 Å². The average Bonchev–Trinajstić information content (AvgIpc) is 3.06. The lowest BCUT2D eigenvalue weighted by atomic mass is 10.1. The van der Waals surface area contributed by atoms with Crippen LogP contribution >= 0.6 is 23.1 Å². The molecule has 1 amide bonds. The molecule has 3 aromatic rings. The van der Waals surface area contributed by atoms with Crippen LogP contribution in [0.2, 0.25) is 0 Å². The quantitative estimate of drug-likeness (QED) is 0.682. The summed E-state index contributed by atoms with van der Waals surface area (Å²) in [6, 6.07) is 18.7. The SMILES string of the molecule is O=C(CSc1ccc2ccccc2c1)NCCc1cccs1. The maximum atomic E-state index is 11.9. The summed E-state index contributed by atoms with van der Waals surface area (Å²) in [7, 11) is 0. The van der Waals surface area contributed by atoms with Crippen LogP contribution in [0.25, 0.3) is 10.8 Å². The van der Waals surface area contributed by atoms with E-state index in [9.17, 15) is 4.79 Å². The first-order chi connectivity index (χ1) is 10.8. The fourth-order valence-corrected chi connectivity index (χ4v) is 3.72. The summed E-state index contributed by atoms with van der Waals surface area (Å²) in [6.45, 7) is 0.706. The van der Waals surface area contributed by atoms with Crippen molar-refractivity contribution in [2.75, 3.05) is 12.3 Å². The Bertz CT molecular complexity index is 753. The molecule has 0 fully saturated rings. The number of carbonyl (C=O) groups is 1. The molecule has 0 unspecified atom stereocenters. The zero-order valence-corrected chi connectivity index (χ0v) is 13.8. The number of carbonyl (C=O) groups excluding carboxylic acids is 1. The Hall–Kier alpha value is -1.78. The molecule has 0 aliphatic carbocycles. The van der Waals surface area contributed by atoms with Gasteiger partial charge in [0.2, 0.25) is 5.91 Å². The standard InChI is InChI=1S/C18H17NOS2/c20-18(19-10-9-16-6-3-11-21-16)13-22-17-8-7-14-4-1-2-5-15(14)12-17/h1-8,11-12H,9-10,13H2,(H,19,20). The van der Waals surface area contributed by atoms with Crippen molar-refractivity contribution in [1.82, 2.24) is 5.32 Å². The molecule has 0 bridgehead atoms. The van der Waals surface area contributed by atoms with E-state index < -0.39 is 0 Å². The fourth-order valence-electron chi connectivity index (χ4n) is 2.24. The lowest BCUT2D eigenvalue weighted by molar-refractivity contribution is -0.118. The van der Waals surface area contributed by atoms with Gasteiger partial charge in [-0.3, -0.25) is 4.79 Å². The van der Waals surface area contributed by atoms with E-state index in [0.717, 1.165) is 11.3 Å². The smallest absolute Gasteiger partial charge is 0.230 e. The first-order valence-corrected chi connectivity index (χ1v) is 9.08. The number of thioether (sulfide) groups is 1. The van der Waals surface area contributed by atoms with Gasteiger partial charge in [-0.2, -0.15) is 0 Å². The summed E-state index contributed by atoms with van der Waals surface area (Å²) in [4.78, 5) is 14.3. The molecule has 0 atom stereocenters. The van der Waals surface area contributed by atoms with Crippen molar-refractivity contribution < 1.29 is 4.79 Å². The minimum Gasteiger partial charge on any atom is -0.355 e. The second-order valence-electron chi connectivity index (χ2n) is 4.98. The highest BCUT2D eigenvalue weighted by Crippen LogP contribution is 2.23. The Labute approximate surface area is 138 Å². The molecule has 2 aromatic carbocycles. The van der Waals surface area contributed by atoms with Gasteiger partial charge in [0.25, 0.3) is 0 Å². The van der Waals surface area contributed by atoms with Gasteiger partial charge in [0.1, 0.15) is 0 Å². The molecular weight excluding hydrogens is 310 g/mol. The Morgan fingerprint density at radius 1 is 1.05 bits per heavy atom. The Kier molecular flexibility index (Phi) is 5.14. The third-order valence-electron chi connectivity index (χ3n) is 3.36. The van der Waals surface area contributed by atoms with Gasteiger partial charge in [-0.25, -0.2) is 0 Å². The molecule has 22 heavy (non-hydrogen) atoms. The van der Waals surface area contributed by atoms with Crippen LogP contribution in [0.3, 0.4) is 0 Å². The normalized spacial score (nSPS) is 10.7. The number of hydrogen-bond donors (Lipinski definition) is 1. The number of nitrogens with one attached hydrogen (secondary N) is 1. The molecule has 2 nitrogen and oxygen atoms in total. The fraction of sp³-hybridized carbons (Fsp3) is 0.167. The van der Waals surface area contributed by atoms with Crippen LogP contribution in [0.15, 0.2) is 64.9 Å². The molecule has 3 rings (SSSR count). The zero-order valence-electron chi connectivity index (χ0n) is 12.1. The van der Waals surface area contributed by atoms with E-state index >= 15 is 0 Å². The predicted molar refractivity (Wildman–Crippen MR) is 95.7 cm³/mol. The van der Waals surface area contributed by atoms with Crippen molar-refractivity contribution in [2.45, 2.75) is 11.3 Å². The van der Waals surface area contributed by atoms with Crippen LogP contribution in [0.4, 0.5) is 0 Å². The van der Waals surface area contributed by atoms with E-state index in [4.69, 9.17) is 0 Å². The van der Waals surface area contributed by atoms with E-state index in [1.807, 2.05) is 18.2 Å². The summed E-state index contributed by atoms with van der Waals surface area (Å²) in [5, 5.41) is 7.48. The van der Waals surface area contributed by atoms with Crippen molar-refractivity contribution in [2.24, 2.45) is 0 Å². The van der Waals surface area contributed by atoms with Gasteiger partial charge in [-0.1, -0.05) is 36.4 Å². The predicted octanol–water partition coefficient (Wildman–Crippen LogP) is 4.35. The highest BCUT2D eigenvalue weighted by Gasteiger charge is 2.03. The number of rotatable bonds is 6. The molecule has 1 N–H and O–H groups in total. The van der Waals surface area contributed by atoms with E-state index in [0.29, 0.717) is 12.3 Å². The third-order valence-corrected chi connectivity index (χ3v) is 5.29. The Balaban J connectivity index is 1.47. The largest absolute Gasteiger partial charge is 0.355 e. The monoisotopic (exact) mass is 327 g/mol. The summed E-state index contributed by atoms with van der Waals surface area (Å²) in [6.07, 6.45) is 0.907. The first-order valence-electron chi connectivity index (χ1n) is 7.22. The van der Waals surface area contributed by atoms with E-state index in [1.165, 1.54) is 15.6 Å². The van der Waals surface area contributed by atoms with Crippen LogP contribution in [0, 0.1) is 0 Å². The molecule has 0 aliphatic heterocycles. The van der Waals surface area contributed by atoms with Crippen molar-refractivity contribution in [3.05, 3.63) is 64.9 Å². The van der Waals surface area contributed by atoms with Gasteiger partial charge >= 0.3 is 0 Å². The van der Waals surface area contributed by atoms with Gasteiger partial charge in [-0.15, -0.1) is 23.1 Å². The molecule has 112 valence electrons. The maximum absolute atomic E-state index is 11.9. The molecule has 0 saturated carbocycles. The number of benzene rings is 2. The lowest BCUT2D eigenvalue weighted by Gasteiger charge is -2.05. The summed E-state index contributed by atoms with van der Waals surface area (Å²) in [5.74, 6) is 0.553. The molecule has 4 heteroatoms. The van der Waals surface area contributed by atoms with E-state index in [2.05, 4.69) is 47.1 Å². The summed E-state index contributed by atoms with van der Waals surface area (Å²) in [5.41, 5.74) is 0. The number of amides is 1. The lowest BCUT2D eigenvalue weighted by Crippen LogP contribution is -2.27. The minimum atomic E-state index is 0.0923. The van der Waals surface area contributed by atoms with Crippen molar-refractivity contribution >= 4 is 39.8 Å². The van der Waals surface area contributed by atoms with Crippen molar-refractivity contribution in [3.8, 4) is 0 Å². The average molecular weight is 327 g/mol. The molecule has 0 radical (unpaired) electrons. The van der Waals surface area contributed by atoms with Crippen molar-refractivity contribution in [1.29, 1.82) is 0 Å². The molecule has 1 aromatic heterocycles. The second kappa shape index (κ2) is 7.47. The van der Waals surface area contributed by atoms with Gasteiger partial charge in [0.05, 0.1) is 5.75 Å². The van der Waals surface area contributed by atoms with Gasteiger partial charge in [0, 0.05) is 16.3 Å². The van der Waals surface area contributed by atoms with Gasteiger partial charge < -0.3 is 5.32 Å². The van der Waals surface area contributed by atoms with E-state index in [1.54, 1.807) is 23.1 Å². The molecular formula is C18H17NOS2. The molecule has 0 saturated heterocycles. The van der Waals surface area contributed by atoms with Crippen LogP contribution in [0.5, 0.6) is 0 Å². The topological polar surface area (TPSA) is 29.1 Å². The Morgan fingerprint density at radius 3 is 2.73 bits per heavy atom. The summed E-state index contributed by atoms with van der Waals surface area (Å²) >= 11 is 3.31. The first kappa shape index (κ1) is 15.1. The highest BCUT2D eigenvalue weighted by molar-refractivity contribution is 8.00. The third kappa shape index (κ3) is 4.12. The highest BCUT2D eigenvalue weighted by atomic mass is 32.2. The van der Waals surface area contributed by atoms with Crippen LogP contribution < -0.4 is 5.32 Å². The zero-order chi connectivity index (χ0) is 15.2. The van der Waals surface area contributed by atoms with Crippen LogP contribution in [-0.4, -0.2) is 18.2 Å². The summed E-state index contributed by atoms with van der Waals surface area (Å²) < 4.78 is 0. The second-order valence-corrected chi connectivity index (χ2v) is 7.06. The van der Waals surface area contributed by atoms with Crippen molar-refractivity contribution in [3.63, 3.8) is 0 Å². The van der Waals surface area contributed by atoms with Gasteiger partial charge in [-0.05, 0) is 40.8 Å². The van der Waals surface area contributed by atoms with Crippen LogP contribution in [0.1, 0.15) is 4.88 Å². The maximum Gasteiger partial charge on any atom is 0.230 e. The number of thiophene rings is 1. The molecule has 1 heterocycles. The van der Waals surface area contributed by atoms with E-state index in [-0.39, 0.29) is 5.91 Å². The Morgan fingerprint density at radius 2 is 1.91 bits per heavy atom. The number of hydrogen-bond acceptors (Lipinski definition) is 3. The van der Waals surface area contributed by atoms with Crippen LogP contribution in [-0.2, 0) is 11.2 Å². The molecule has 0 aliphatic rings.